The summed E-state index contributed by atoms with van der Waals surface area (Å²) in [6, 6.07) is 18.1. The van der Waals surface area contributed by atoms with Crippen molar-refractivity contribution in [1.29, 1.82) is 0 Å². The molecule has 4 rings (SSSR count). The fourth-order valence-corrected chi connectivity index (χ4v) is 5.92. The van der Waals surface area contributed by atoms with E-state index in [1.807, 2.05) is 56.3 Å². The minimum absolute atomic E-state index is 0.0781. The van der Waals surface area contributed by atoms with Crippen LogP contribution >= 0.6 is 39.1 Å². The second-order valence-corrected chi connectivity index (χ2v) is 12.0. The minimum atomic E-state index is -0.777. The van der Waals surface area contributed by atoms with E-state index in [2.05, 4.69) is 21.2 Å². The minimum Gasteiger partial charge on any atom is -0.484 e. The Hall–Kier alpha value is -2.54. The standard InChI is InChI=1S/C32H35BrCl2N2O3/c1-21-16-25(17-22(2)31(21)33)40-20-30(38)37(19-26-27(34)14-9-15-28(26)35)29(18-23-10-5-3-6-11-23)32(39)36-24-12-7-4-8-13-24/h3,5-6,9-11,14-17,24,29H,4,7-8,12-13,18-20H2,1-2H3,(H,36,39)/t29-/m1/s1. The summed E-state index contributed by atoms with van der Waals surface area (Å²) < 4.78 is 6.99. The molecule has 0 aliphatic heterocycles. The first-order valence-corrected chi connectivity index (χ1v) is 15.2. The van der Waals surface area contributed by atoms with Gasteiger partial charge >= 0.3 is 0 Å². The molecule has 3 aromatic carbocycles. The van der Waals surface area contributed by atoms with Crippen molar-refractivity contribution in [3.63, 3.8) is 0 Å². The van der Waals surface area contributed by atoms with Gasteiger partial charge in [-0.1, -0.05) is 94.8 Å². The van der Waals surface area contributed by atoms with Crippen molar-refractivity contribution >= 4 is 50.9 Å². The summed E-state index contributed by atoms with van der Waals surface area (Å²) >= 11 is 16.7. The van der Waals surface area contributed by atoms with Gasteiger partial charge in [0.05, 0.1) is 0 Å². The summed E-state index contributed by atoms with van der Waals surface area (Å²) in [7, 11) is 0. The number of amides is 2. The molecule has 1 saturated carbocycles. The molecule has 0 spiro atoms. The highest BCUT2D eigenvalue weighted by Gasteiger charge is 2.33. The van der Waals surface area contributed by atoms with Gasteiger partial charge in [0.1, 0.15) is 11.8 Å². The third kappa shape index (κ3) is 8.02. The fourth-order valence-electron chi connectivity index (χ4n) is 5.17. The molecule has 0 saturated heterocycles. The topological polar surface area (TPSA) is 58.6 Å². The second-order valence-electron chi connectivity index (χ2n) is 10.4. The van der Waals surface area contributed by atoms with Gasteiger partial charge in [0.25, 0.3) is 5.91 Å². The molecule has 0 unspecified atom stereocenters. The van der Waals surface area contributed by atoms with E-state index in [9.17, 15) is 9.59 Å². The first-order chi connectivity index (χ1) is 19.2. The third-order valence-electron chi connectivity index (χ3n) is 7.39. The van der Waals surface area contributed by atoms with Crippen molar-refractivity contribution in [2.75, 3.05) is 6.61 Å². The van der Waals surface area contributed by atoms with E-state index >= 15 is 0 Å². The summed E-state index contributed by atoms with van der Waals surface area (Å²) in [5, 5.41) is 4.12. The van der Waals surface area contributed by atoms with E-state index < -0.39 is 6.04 Å². The SMILES string of the molecule is Cc1cc(OCC(=O)N(Cc2c(Cl)cccc2Cl)[C@H](Cc2ccccc2)C(=O)NC2CCCCC2)cc(C)c1Br. The molecular weight excluding hydrogens is 611 g/mol. The molecule has 0 heterocycles. The van der Waals surface area contributed by atoms with E-state index in [1.165, 1.54) is 6.42 Å². The Kier molecular flexibility index (Phi) is 10.9. The van der Waals surface area contributed by atoms with Gasteiger partial charge in [-0.05, 0) is 67.6 Å². The maximum Gasteiger partial charge on any atom is 0.261 e. The summed E-state index contributed by atoms with van der Waals surface area (Å²) in [4.78, 5) is 29.4. The number of carbonyl (C=O) groups is 2. The highest BCUT2D eigenvalue weighted by molar-refractivity contribution is 9.10. The Morgan fingerprint density at radius 3 is 2.23 bits per heavy atom. The summed E-state index contributed by atoms with van der Waals surface area (Å²) in [6.07, 6.45) is 5.60. The van der Waals surface area contributed by atoms with E-state index in [0.717, 1.165) is 46.8 Å². The smallest absolute Gasteiger partial charge is 0.261 e. The van der Waals surface area contributed by atoms with E-state index in [0.29, 0.717) is 27.8 Å². The summed E-state index contributed by atoms with van der Waals surface area (Å²) in [6.45, 7) is 3.80. The van der Waals surface area contributed by atoms with Crippen molar-refractivity contribution in [3.8, 4) is 5.75 Å². The van der Waals surface area contributed by atoms with Crippen molar-refractivity contribution < 1.29 is 14.3 Å². The largest absolute Gasteiger partial charge is 0.484 e. The number of ether oxygens (including phenoxy) is 1. The van der Waals surface area contributed by atoms with Crippen molar-refractivity contribution in [2.45, 2.75) is 71.0 Å². The van der Waals surface area contributed by atoms with Crippen LogP contribution in [0.15, 0.2) is 65.1 Å². The predicted octanol–water partition coefficient (Wildman–Crippen LogP) is 7.84. The van der Waals surface area contributed by atoms with Gasteiger partial charge in [-0.2, -0.15) is 0 Å². The average Bonchev–Trinajstić information content (AvgIpc) is 2.94. The molecule has 1 N–H and O–H groups in total. The molecule has 5 nitrogen and oxygen atoms in total. The van der Waals surface area contributed by atoms with E-state index in [1.54, 1.807) is 23.1 Å². The van der Waals surface area contributed by atoms with Crippen LogP contribution in [0, 0.1) is 13.8 Å². The second kappa shape index (κ2) is 14.4. The van der Waals surface area contributed by atoms with Crippen LogP contribution in [0.1, 0.15) is 54.4 Å². The molecule has 1 fully saturated rings. The molecule has 0 radical (unpaired) electrons. The lowest BCUT2D eigenvalue weighted by Gasteiger charge is -2.33. The molecule has 40 heavy (non-hydrogen) atoms. The van der Waals surface area contributed by atoms with Gasteiger partial charge < -0.3 is 15.0 Å². The van der Waals surface area contributed by atoms with Gasteiger partial charge in [0, 0.05) is 39.1 Å². The first kappa shape index (κ1) is 30.4. The molecule has 2 amide bonds. The van der Waals surface area contributed by atoms with Gasteiger partial charge in [-0.3, -0.25) is 9.59 Å². The molecular formula is C32H35BrCl2N2O3. The van der Waals surface area contributed by atoms with E-state index in [4.69, 9.17) is 27.9 Å². The molecule has 1 aliphatic carbocycles. The number of halogens is 3. The number of carbonyl (C=O) groups excluding carboxylic acids is 2. The molecule has 1 atom stereocenters. The monoisotopic (exact) mass is 644 g/mol. The van der Waals surface area contributed by atoms with Crippen LogP contribution in [0.4, 0.5) is 0 Å². The lowest BCUT2D eigenvalue weighted by Crippen LogP contribution is -2.53. The molecule has 0 aromatic heterocycles. The molecule has 8 heteroatoms. The number of hydrogen-bond donors (Lipinski definition) is 1. The lowest BCUT2D eigenvalue weighted by atomic mass is 9.94. The first-order valence-electron chi connectivity index (χ1n) is 13.7. The summed E-state index contributed by atoms with van der Waals surface area (Å²) in [5.74, 6) is 0.0880. The number of benzene rings is 3. The average molecular weight is 646 g/mol. The summed E-state index contributed by atoms with van der Waals surface area (Å²) in [5.41, 5.74) is 3.57. The van der Waals surface area contributed by atoms with Crippen LogP contribution < -0.4 is 10.1 Å². The fraction of sp³-hybridized carbons (Fsp3) is 0.375. The molecule has 0 bridgehead atoms. The van der Waals surface area contributed by atoms with Crippen LogP contribution in [0.2, 0.25) is 10.0 Å². The lowest BCUT2D eigenvalue weighted by molar-refractivity contribution is -0.143. The van der Waals surface area contributed by atoms with Crippen molar-refractivity contribution in [1.82, 2.24) is 10.2 Å². The van der Waals surface area contributed by atoms with Crippen molar-refractivity contribution in [3.05, 3.63) is 97.4 Å². The zero-order valence-corrected chi connectivity index (χ0v) is 26.0. The number of hydrogen-bond acceptors (Lipinski definition) is 3. The number of nitrogens with one attached hydrogen (secondary N) is 1. The third-order valence-corrected chi connectivity index (χ3v) is 9.34. The van der Waals surface area contributed by atoms with Crippen LogP contribution in [0.5, 0.6) is 5.75 Å². The Balaban J connectivity index is 1.66. The van der Waals surface area contributed by atoms with Gasteiger partial charge in [-0.25, -0.2) is 0 Å². The van der Waals surface area contributed by atoms with Gasteiger partial charge in [-0.15, -0.1) is 0 Å². The van der Waals surface area contributed by atoms with Crippen LogP contribution in [0.25, 0.3) is 0 Å². The molecule has 212 valence electrons. The van der Waals surface area contributed by atoms with Gasteiger partial charge in [0.15, 0.2) is 6.61 Å². The maximum absolute atomic E-state index is 13.9. The molecule has 1 aliphatic rings. The predicted molar refractivity (Wildman–Crippen MR) is 165 cm³/mol. The number of nitrogens with zero attached hydrogens (tertiary/aromatic N) is 1. The number of aryl methyl sites for hydroxylation is 2. The van der Waals surface area contributed by atoms with Crippen LogP contribution in [0.3, 0.4) is 0 Å². The Morgan fingerprint density at radius 2 is 1.60 bits per heavy atom. The van der Waals surface area contributed by atoms with Gasteiger partial charge in [0.2, 0.25) is 5.91 Å². The Morgan fingerprint density at radius 1 is 0.975 bits per heavy atom. The Bertz CT molecular complexity index is 1290. The zero-order chi connectivity index (χ0) is 28.6. The van der Waals surface area contributed by atoms with Crippen LogP contribution in [-0.4, -0.2) is 35.4 Å². The molecule has 3 aromatic rings. The zero-order valence-electron chi connectivity index (χ0n) is 22.9. The van der Waals surface area contributed by atoms with Crippen molar-refractivity contribution in [2.24, 2.45) is 0 Å². The number of rotatable bonds is 10. The highest BCUT2D eigenvalue weighted by atomic mass is 79.9. The normalized spacial score (nSPS) is 14.4. The quantitative estimate of drug-likeness (QED) is 0.244. The Labute approximate surface area is 255 Å². The maximum atomic E-state index is 13.9. The highest BCUT2D eigenvalue weighted by Crippen LogP contribution is 2.29. The van der Waals surface area contributed by atoms with Crippen LogP contribution in [-0.2, 0) is 22.6 Å². The van der Waals surface area contributed by atoms with E-state index in [-0.39, 0.29) is 31.0 Å².